The molecule has 6 heteroatoms. The van der Waals surface area contributed by atoms with Crippen molar-refractivity contribution in [2.24, 2.45) is 0 Å². The van der Waals surface area contributed by atoms with E-state index in [4.69, 9.17) is 12.2 Å². The fourth-order valence-corrected chi connectivity index (χ4v) is 3.50. The van der Waals surface area contributed by atoms with E-state index in [2.05, 4.69) is 0 Å². The Balaban J connectivity index is 1.85. The molecule has 24 heavy (non-hydrogen) atoms. The standard InChI is InChI=1S/C18H14FNO2S2/c19-20-24(21,22)16-9-6-13(7-10-16)15-8-11-17(18(23)12-15)14-4-2-1-3-5-14/h1-12,17,20H. The van der Waals surface area contributed by atoms with Gasteiger partial charge in [-0.05, 0) is 39.9 Å². The van der Waals surface area contributed by atoms with E-state index >= 15 is 0 Å². The molecule has 0 radical (unpaired) electrons. The summed E-state index contributed by atoms with van der Waals surface area (Å²) in [6.45, 7) is 0. The number of benzene rings is 2. The maximum Gasteiger partial charge on any atom is 0.266 e. The molecule has 0 heterocycles. The molecule has 0 aliphatic heterocycles. The molecule has 1 atom stereocenters. The summed E-state index contributed by atoms with van der Waals surface area (Å²) in [7, 11) is -4.08. The van der Waals surface area contributed by atoms with Crippen LogP contribution in [0.5, 0.6) is 0 Å². The number of hydrogen-bond acceptors (Lipinski definition) is 3. The Hall–Kier alpha value is -2.15. The number of nitrogens with one attached hydrogen (secondary N) is 1. The Kier molecular flexibility index (Phi) is 4.71. The highest BCUT2D eigenvalue weighted by Crippen LogP contribution is 2.29. The van der Waals surface area contributed by atoms with Crippen molar-refractivity contribution in [3.05, 3.63) is 84.0 Å². The lowest BCUT2D eigenvalue weighted by molar-refractivity contribution is 0.425. The predicted octanol–water partition coefficient (Wildman–Crippen LogP) is 3.96. The largest absolute Gasteiger partial charge is 0.266 e. The van der Waals surface area contributed by atoms with Gasteiger partial charge in [0.2, 0.25) is 0 Å². The van der Waals surface area contributed by atoms with Crippen LogP contribution in [-0.2, 0) is 10.0 Å². The molecular formula is C18H14FNO2S2. The molecule has 2 aromatic carbocycles. The van der Waals surface area contributed by atoms with E-state index in [1.165, 1.54) is 12.1 Å². The third-order valence-corrected chi connectivity index (χ3v) is 5.30. The highest BCUT2D eigenvalue weighted by atomic mass is 32.2. The van der Waals surface area contributed by atoms with Crippen LogP contribution >= 0.6 is 12.2 Å². The van der Waals surface area contributed by atoms with Gasteiger partial charge in [-0.2, -0.15) is 0 Å². The van der Waals surface area contributed by atoms with Gasteiger partial charge in [0, 0.05) is 10.8 Å². The molecule has 0 bridgehead atoms. The highest BCUT2D eigenvalue weighted by molar-refractivity contribution is 7.89. The van der Waals surface area contributed by atoms with Gasteiger partial charge in [0.05, 0.1) is 4.90 Å². The van der Waals surface area contributed by atoms with Crippen molar-refractivity contribution in [1.29, 1.82) is 0 Å². The Morgan fingerprint density at radius 3 is 2.25 bits per heavy atom. The minimum absolute atomic E-state index is 0.0559. The molecular weight excluding hydrogens is 345 g/mol. The predicted molar refractivity (Wildman–Crippen MR) is 96.8 cm³/mol. The van der Waals surface area contributed by atoms with Gasteiger partial charge in [-0.25, -0.2) is 8.42 Å². The van der Waals surface area contributed by atoms with Gasteiger partial charge >= 0.3 is 0 Å². The van der Waals surface area contributed by atoms with Crippen LogP contribution in [0.25, 0.3) is 5.57 Å². The second kappa shape index (κ2) is 6.76. The summed E-state index contributed by atoms with van der Waals surface area (Å²) in [5.41, 5.74) is 2.84. The van der Waals surface area contributed by atoms with Gasteiger partial charge in [0.25, 0.3) is 10.0 Å². The summed E-state index contributed by atoms with van der Waals surface area (Å²) < 4.78 is 35.1. The van der Waals surface area contributed by atoms with Crippen molar-refractivity contribution in [1.82, 2.24) is 4.94 Å². The van der Waals surface area contributed by atoms with E-state index in [9.17, 15) is 12.9 Å². The van der Waals surface area contributed by atoms with Crippen LogP contribution in [0.4, 0.5) is 4.48 Å². The Morgan fingerprint density at radius 1 is 1.00 bits per heavy atom. The monoisotopic (exact) mass is 359 g/mol. The van der Waals surface area contributed by atoms with Crippen molar-refractivity contribution in [3.63, 3.8) is 0 Å². The van der Waals surface area contributed by atoms with E-state index in [1.54, 1.807) is 12.1 Å². The molecule has 0 fully saturated rings. The fraction of sp³-hybridized carbons (Fsp3) is 0.0556. The van der Waals surface area contributed by atoms with Gasteiger partial charge in [0.1, 0.15) is 0 Å². The highest BCUT2D eigenvalue weighted by Gasteiger charge is 2.18. The van der Waals surface area contributed by atoms with Crippen molar-refractivity contribution in [2.45, 2.75) is 10.8 Å². The van der Waals surface area contributed by atoms with Gasteiger partial charge in [-0.1, -0.05) is 66.8 Å². The van der Waals surface area contributed by atoms with Crippen molar-refractivity contribution in [3.8, 4) is 0 Å². The van der Waals surface area contributed by atoms with Crippen LogP contribution in [-0.4, -0.2) is 13.3 Å². The number of halogens is 1. The lowest BCUT2D eigenvalue weighted by Crippen LogP contribution is -2.14. The molecule has 1 aliphatic carbocycles. The van der Waals surface area contributed by atoms with E-state index in [-0.39, 0.29) is 10.8 Å². The zero-order chi connectivity index (χ0) is 17.2. The molecule has 0 aromatic heterocycles. The zero-order valence-electron chi connectivity index (χ0n) is 12.5. The minimum Gasteiger partial charge on any atom is -0.205 e. The average Bonchev–Trinajstić information content (AvgIpc) is 2.62. The second-order valence-electron chi connectivity index (χ2n) is 5.35. The van der Waals surface area contributed by atoms with Gasteiger partial charge in [-0.15, -0.1) is 4.48 Å². The van der Waals surface area contributed by atoms with Crippen molar-refractivity contribution in [2.75, 3.05) is 0 Å². The quantitative estimate of drug-likeness (QED) is 0.664. The molecule has 1 aliphatic rings. The van der Waals surface area contributed by atoms with Crippen LogP contribution in [0.3, 0.4) is 0 Å². The number of thiocarbonyl (C=S) groups is 1. The van der Waals surface area contributed by atoms with Crippen LogP contribution in [0, 0.1) is 0 Å². The van der Waals surface area contributed by atoms with Gasteiger partial charge in [-0.3, -0.25) is 0 Å². The smallest absolute Gasteiger partial charge is 0.205 e. The molecule has 122 valence electrons. The van der Waals surface area contributed by atoms with Gasteiger partial charge in [0.15, 0.2) is 0 Å². The Labute approximate surface area is 145 Å². The van der Waals surface area contributed by atoms with Gasteiger partial charge < -0.3 is 0 Å². The topological polar surface area (TPSA) is 46.2 Å². The lowest BCUT2D eigenvalue weighted by atomic mass is 9.88. The van der Waals surface area contributed by atoms with Crippen LogP contribution in [0.15, 0.2) is 77.7 Å². The first-order valence-corrected chi connectivity index (χ1v) is 9.12. The molecule has 1 N–H and O–H groups in total. The molecule has 0 saturated heterocycles. The van der Waals surface area contributed by atoms with Crippen LogP contribution in [0.2, 0.25) is 0 Å². The van der Waals surface area contributed by atoms with E-state index in [1.807, 2.05) is 48.6 Å². The summed E-state index contributed by atoms with van der Waals surface area (Å²) in [4.78, 5) is 1.48. The summed E-state index contributed by atoms with van der Waals surface area (Å²) in [6.07, 6.45) is 5.90. The maximum absolute atomic E-state index is 12.3. The summed E-state index contributed by atoms with van der Waals surface area (Å²) >= 11 is 5.51. The molecule has 2 aromatic rings. The number of allylic oxidation sites excluding steroid dienone is 4. The normalized spacial score (nSPS) is 17.6. The number of sulfonamides is 1. The average molecular weight is 359 g/mol. The Morgan fingerprint density at radius 2 is 1.67 bits per heavy atom. The molecule has 3 rings (SSSR count). The molecule has 1 unspecified atom stereocenters. The van der Waals surface area contributed by atoms with Crippen molar-refractivity contribution >= 4 is 32.7 Å². The lowest BCUT2D eigenvalue weighted by Gasteiger charge is -2.18. The first-order chi connectivity index (χ1) is 11.5. The first kappa shape index (κ1) is 16.7. The SMILES string of the molecule is O=S(=O)(NF)c1ccc(C2=CC(=S)C(c3ccccc3)C=C2)cc1. The summed E-state index contributed by atoms with van der Waals surface area (Å²) in [5, 5.41) is 0. The maximum atomic E-state index is 12.3. The zero-order valence-corrected chi connectivity index (χ0v) is 14.1. The fourth-order valence-electron chi connectivity index (χ4n) is 2.57. The molecule has 3 nitrogen and oxygen atoms in total. The second-order valence-corrected chi connectivity index (χ2v) is 7.46. The number of hydrogen-bond donors (Lipinski definition) is 1. The molecule has 0 spiro atoms. The first-order valence-electron chi connectivity index (χ1n) is 7.23. The van der Waals surface area contributed by atoms with Crippen LogP contribution in [0.1, 0.15) is 17.0 Å². The van der Waals surface area contributed by atoms with Crippen molar-refractivity contribution < 1.29 is 12.9 Å². The Bertz CT molecular complexity index is 917. The van der Waals surface area contributed by atoms with E-state index in [0.29, 0.717) is 0 Å². The summed E-state index contributed by atoms with van der Waals surface area (Å²) in [6, 6.07) is 16.0. The molecule has 0 amide bonds. The van der Waals surface area contributed by atoms with Crippen LogP contribution < -0.4 is 4.94 Å². The minimum atomic E-state index is -4.08. The summed E-state index contributed by atoms with van der Waals surface area (Å²) in [5.74, 6) is 0.0559. The third kappa shape index (κ3) is 3.36. The molecule has 0 saturated carbocycles. The van der Waals surface area contributed by atoms with E-state index < -0.39 is 10.0 Å². The number of rotatable bonds is 4. The van der Waals surface area contributed by atoms with E-state index in [0.717, 1.165) is 26.5 Å². The third-order valence-electron chi connectivity index (χ3n) is 3.83.